The number of ether oxygens (including phenoxy) is 1. The molecule has 0 heterocycles. The molecule has 1 amide bonds. The SMILES string of the molecule is CNC(=O)COC(=O)c1cc(C)ccc1N. The Hall–Kier alpha value is -2.04. The Kier molecular flexibility index (Phi) is 3.88. The lowest BCUT2D eigenvalue weighted by Gasteiger charge is -2.06. The number of nitrogens with two attached hydrogens (primary N) is 1. The van der Waals surface area contributed by atoms with Crippen LogP contribution in [0.15, 0.2) is 18.2 Å². The normalized spacial score (nSPS) is 9.62. The van der Waals surface area contributed by atoms with Crippen LogP contribution < -0.4 is 11.1 Å². The summed E-state index contributed by atoms with van der Waals surface area (Å²) in [5.74, 6) is -0.954. The molecule has 5 heteroatoms. The van der Waals surface area contributed by atoms with Gasteiger partial charge in [0.15, 0.2) is 6.61 Å². The zero-order valence-corrected chi connectivity index (χ0v) is 9.24. The lowest BCUT2D eigenvalue weighted by atomic mass is 10.1. The van der Waals surface area contributed by atoms with Gasteiger partial charge in [0.25, 0.3) is 5.91 Å². The van der Waals surface area contributed by atoms with Crippen molar-refractivity contribution in [3.63, 3.8) is 0 Å². The first-order chi connectivity index (χ1) is 7.54. The second-order valence-corrected chi connectivity index (χ2v) is 3.34. The molecule has 1 rings (SSSR count). The summed E-state index contributed by atoms with van der Waals surface area (Å²) in [6.07, 6.45) is 0. The molecular formula is C11H14N2O3. The summed E-state index contributed by atoms with van der Waals surface area (Å²) in [5, 5.41) is 2.35. The maximum atomic E-state index is 11.6. The molecule has 0 radical (unpaired) electrons. The van der Waals surface area contributed by atoms with Gasteiger partial charge in [0.05, 0.1) is 5.56 Å². The summed E-state index contributed by atoms with van der Waals surface area (Å²) in [4.78, 5) is 22.4. The summed E-state index contributed by atoms with van der Waals surface area (Å²) in [6.45, 7) is 1.54. The number of rotatable bonds is 3. The molecule has 86 valence electrons. The third-order valence-corrected chi connectivity index (χ3v) is 2.04. The highest BCUT2D eigenvalue weighted by molar-refractivity contribution is 5.96. The van der Waals surface area contributed by atoms with E-state index in [1.807, 2.05) is 6.92 Å². The fourth-order valence-corrected chi connectivity index (χ4v) is 1.13. The van der Waals surface area contributed by atoms with Crippen molar-refractivity contribution < 1.29 is 14.3 Å². The van der Waals surface area contributed by atoms with Crippen LogP contribution in [0.2, 0.25) is 0 Å². The first kappa shape index (κ1) is 12.0. The molecule has 0 saturated heterocycles. The first-order valence-electron chi connectivity index (χ1n) is 4.78. The van der Waals surface area contributed by atoms with Crippen LogP contribution in [0.5, 0.6) is 0 Å². The van der Waals surface area contributed by atoms with Gasteiger partial charge in [0.2, 0.25) is 0 Å². The number of nitrogen functional groups attached to an aromatic ring is 1. The lowest BCUT2D eigenvalue weighted by molar-refractivity contribution is -0.123. The van der Waals surface area contributed by atoms with E-state index in [0.29, 0.717) is 5.69 Å². The summed E-state index contributed by atoms with van der Waals surface area (Å²) in [6, 6.07) is 5.05. The molecule has 0 aromatic heterocycles. The van der Waals surface area contributed by atoms with Crippen molar-refractivity contribution in [3.8, 4) is 0 Å². The average Bonchev–Trinajstić information content (AvgIpc) is 2.28. The summed E-state index contributed by atoms with van der Waals surface area (Å²) in [5.41, 5.74) is 7.15. The lowest BCUT2D eigenvalue weighted by Crippen LogP contribution is -2.25. The van der Waals surface area contributed by atoms with E-state index >= 15 is 0 Å². The molecule has 3 N–H and O–H groups in total. The average molecular weight is 222 g/mol. The first-order valence-corrected chi connectivity index (χ1v) is 4.78. The predicted octanol–water partition coefficient (Wildman–Crippen LogP) is 0.480. The zero-order chi connectivity index (χ0) is 12.1. The maximum Gasteiger partial charge on any atom is 0.340 e. The van der Waals surface area contributed by atoms with Crippen LogP contribution in [0.1, 0.15) is 15.9 Å². The smallest absolute Gasteiger partial charge is 0.340 e. The summed E-state index contributed by atoms with van der Waals surface area (Å²) >= 11 is 0. The third-order valence-electron chi connectivity index (χ3n) is 2.04. The molecule has 0 aliphatic heterocycles. The van der Waals surface area contributed by atoms with Crippen molar-refractivity contribution in [1.29, 1.82) is 0 Å². The van der Waals surface area contributed by atoms with E-state index < -0.39 is 5.97 Å². The Bertz CT molecular complexity index is 416. The number of carbonyl (C=O) groups excluding carboxylic acids is 2. The van der Waals surface area contributed by atoms with Gasteiger partial charge >= 0.3 is 5.97 Å². The molecule has 1 aromatic carbocycles. The maximum absolute atomic E-state index is 11.6. The fourth-order valence-electron chi connectivity index (χ4n) is 1.13. The molecule has 1 aromatic rings. The Labute approximate surface area is 93.6 Å². The van der Waals surface area contributed by atoms with Crippen LogP contribution in [-0.4, -0.2) is 25.5 Å². The molecule has 0 fully saturated rings. The van der Waals surface area contributed by atoms with Crippen LogP contribution in [-0.2, 0) is 9.53 Å². The van der Waals surface area contributed by atoms with E-state index in [2.05, 4.69) is 5.32 Å². The van der Waals surface area contributed by atoms with Gasteiger partial charge in [-0.1, -0.05) is 11.6 Å². The summed E-state index contributed by atoms with van der Waals surface area (Å²) < 4.78 is 4.79. The number of hydrogen-bond donors (Lipinski definition) is 2. The van der Waals surface area contributed by atoms with Gasteiger partial charge in [-0.2, -0.15) is 0 Å². The number of nitrogens with one attached hydrogen (secondary N) is 1. The quantitative estimate of drug-likeness (QED) is 0.575. The highest BCUT2D eigenvalue weighted by Crippen LogP contribution is 2.14. The van der Waals surface area contributed by atoms with Crippen molar-refractivity contribution in [2.75, 3.05) is 19.4 Å². The number of anilines is 1. The monoisotopic (exact) mass is 222 g/mol. The molecule has 5 nitrogen and oxygen atoms in total. The minimum absolute atomic E-state index is 0.281. The molecule has 0 aliphatic rings. The predicted molar refractivity (Wildman–Crippen MR) is 59.9 cm³/mol. The number of aryl methyl sites for hydroxylation is 1. The Morgan fingerprint density at radius 1 is 1.44 bits per heavy atom. The number of benzene rings is 1. The highest BCUT2D eigenvalue weighted by atomic mass is 16.5. The van der Waals surface area contributed by atoms with Crippen molar-refractivity contribution in [2.24, 2.45) is 0 Å². The Balaban J connectivity index is 2.73. The van der Waals surface area contributed by atoms with Crippen LogP contribution in [0.4, 0.5) is 5.69 Å². The van der Waals surface area contributed by atoms with E-state index in [1.54, 1.807) is 18.2 Å². The van der Waals surface area contributed by atoms with Crippen molar-refractivity contribution in [3.05, 3.63) is 29.3 Å². The van der Waals surface area contributed by atoms with Gasteiger partial charge in [-0.15, -0.1) is 0 Å². The Morgan fingerprint density at radius 2 is 2.12 bits per heavy atom. The van der Waals surface area contributed by atoms with Crippen LogP contribution >= 0.6 is 0 Å². The molecule has 0 saturated carbocycles. The zero-order valence-electron chi connectivity index (χ0n) is 9.24. The molecule has 0 spiro atoms. The summed E-state index contributed by atoms with van der Waals surface area (Å²) in [7, 11) is 1.47. The minimum Gasteiger partial charge on any atom is -0.452 e. The van der Waals surface area contributed by atoms with Gasteiger partial charge < -0.3 is 15.8 Å². The second-order valence-electron chi connectivity index (χ2n) is 3.34. The molecule has 0 atom stereocenters. The van der Waals surface area contributed by atoms with Gasteiger partial charge in [-0.05, 0) is 19.1 Å². The minimum atomic E-state index is -0.593. The van der Waals surface area contributed by atoms with Crippen LogP contribution in [0, 0.1) is 6.92 Å². The standard InChI is InChI=1S/C11H14N2O3/c1-7-3-4-9(12)8(5-7)11(15)16-6-10(14)13-2/h3-5H,6,12H2,1-2H3,(H,13,14). The molecule has 0 unspecified atom stereocenters. The second kappa shape index (κ2) is 5.16. The number of esters is 1. The topological polar surface area (TPSA) is 81.4 Å². The van der Waals surface area contributed by atoms with Crippen LogP contribution in [0.3, 0.4) is 0 Å². The van der Waals surface area contributed by atoms with Crippen molar-refractivity contribution >= 4 is 17.6 Å². The van der Waals surface area contributed by atoms with E-state index in [4.69, 9.17) is 10.5 Å². The Morgan fingerprint density at radius 3 is 2.75 bits per heavy atom. The van der Waals surface area contributed by atoms with Gasteiger partial charge in [0, 0.05) is 12.7 Å². The van der Waals surface area contributed by atoms with E-state index in [-0.39, 0.29) is 18.1 Å². The molecule has 0 aliphatic carbocycles. The van der Waals surface area contributed by atoms with Gasteiger partial charge in [-0.3, -0.25) is 4.79 Å². The van der Waals surface area contributed by atoms with Gasteiger partial charge in [-0.25, -0.2) is 4.79 Å². The molecule has 16 heavy (non-hydrogen) atoms. The largest absolute Gasteiger partial charge is 0.452 e. The number of amides is 1. The number of likely N-dealkylation sites (N-methyl/N-ethyl adjacent to an activating group) is 1. The van der Waals surface area contributed by atoms with Gasteiger partial charge in [0.1, 0.15) is 0 Å². The highest BCUT2D eigenvalue weighted by Gasteiger charge is 2.12. The molecule has 0 bridgehead atoms. The molecular weight excluding hydrogens is 208 g/mol. The van der Waals surface area contributed by atoms with E-state index in [0.717, 1.165) is 5.56 Å². The van der Waals surface area contributed by atoms with Crippen LogP contribution in [0.25, 0.3) is 0 Å². The van der Waals surface area contributed by atoms with Crippen molar-refractivity contribution in [2.45, 2.75) is 6.92 Å². The number of carbonyl (C=O) groups is 2. The third kappa shape index (κ3) is 2.98. The number of hydrogen-bond acceptors (Lipinski definition) is 4. The van der Waals surface area contributed by atoms with E-state index in [1.165, 1.54) is 7.05 Å². The van der Waals surface area contributed by atoms with Crippen molar-refractivity contribution in [1.82, 2.24) is 5.32 Å². The fraction of sp³-hybridized carbons (Fsp3) is 0.273. The van der Waals surface area contributed by atoms with E-state index in [9.17, 15) is 9.59 Å².